The van der Waals surface area contributed by atoms with Crippen LogP contribution in [-0.2, 0) is 0 Å². The Hall–Kier alpha value is -3.90. The second kappa shape index (κ2) is 8.32. The van der Waals surface area contributed by atoms with E-state index in [1.54, 1.807) is 17.0 Å². The lowest BCUT2D eigenvalue weighted by Gasteiger charge is -2.35. The van der Waals surface area contributed by atoms with Crippen molar-refractivity contribution in [2.75, 3.05) is 4.90 Å². The molecule has 7 heteroatoms. The molecule has 0 aliphatic carbocycles. The average molecular weight is 443 g/mol. The standard InChI is InChI=1S/C25H19ClN4O2/c1-16-21(24-28-23(29-32-24)18-12-14-19(26)15-13-18)22(17-8-4-2-5-9-17)27-25(31)30(16)20-10-6-3-7-11-20/h2-15,22H,1H3,(H,27,31). The maximum absolute atomic E-state index is 13.1. The number of carbonyl (C=O) groups excluding carboxylic acids is 1. The summed E-state index contributed by atoms with van der Waals surface area (Å²) >= 11 is 6.00. The first-order chi connectivity index (χ1) is 15.6. The Morgan fingerprint density at radius 2 is 1.59 bits per heavy atom. The number of benzene rings is 3. The van der Waals surface area contributed by atoms with Gasteiger partial charge in [-0.25, -0.2) is 4.79 Å². The number of rotatable bonds is 4. The van der Waals surface area contributed by atoms with E-state index in [1.807, 2.05) is 79.7 Å². The van der Waals surface area contributed by atoms with E-state index in [2.05, 4.69) is 15.5 Å². The van der Waals surface area contributed by atoms with Crippen molar-refractivity contribution >= 4 is 28.9 Å². The van der Waals surface area contributed by atoms with E-state index in [9.17, 15) is 4.79 Å². The molecular formula is C25H19ClN4O2. The Balaban J connectivity index is 1.65. The average Bonchev–Trinajstić information content (AvgIpc) is 3.30. The minimum Gasteiger partial charge on any atom is -0.334 e. The molecule has 1 unspecified atom stereocenters. The van der Waals surface area contributed by atoms with Gasteiger partial charge in [-0.1, -0.05) is 65.3 Å². The van der Waals surface area contributed by atoms with Gasteiger partial charge in [0.1, 0.15) is 0 Å². The maximum atomic E-state index is 13.1. The Morgan fingerprint density at radius 3 is 2.28 bits per heavy atom. The number of hydrogen-bond acceptors (Lipinski definition) is 4. The first kappa shape index (κ1) is 20.0. The Kier molecular flexibility index (Phi) is 5.21. The number of allylic oxidation sites excluding steroid dienone is 1. The Bertz CT molecular complexity index is 1280. The zero-order chi connectivity index (χ0) is 22.1. The summed E-state index contributed by atoms with van der Waals surface area (Å²) < 4.78 is 5.70. The van der Waals surface area contributed by atoms with Gasteiger partial charge in [-0.15, -0.1) is 0 Å². The summed E-state index contributed by atoms with van der Waals surface area (Å²) in [6.07, 6.45) is 0. The highest BCUT2D eigenvalue weighted by Crippen LogP contribution is 2.39. The molecule has 0 saturated heterocycles. The number of amides is 2. The van der Waals surface area contributed by atoms with Crippen molar-refractivity contribution in [2.24, 2.45) is 0 Å². The second-order valence-electron chi connectivity index (χ2n) is 7.39. The normalized spacial score (nSPS) is 16.2. The lowest BCUT2D eigenvalue weighted by Crippen LogP contribution is -2.46. The third-order valence-corrected chi connectivity index (χ3v) is 5.64. The zero-order valence-corrected chi connectivity index (χ0v) is 18.0. The number of nitrogens with zero attached hydrogens (tertiary/aromatic N) is 3. The van der Waals surface area contributed by atoms with Crippen LogP contribution < -0.4 is 10.2 Å². The Morgan fingerprint density at radius 1 is 0.938 bits per heavy atom. The van der Waals surface area contributed by atoms with Crippen molar-refractivity contribution in [2.45, 2.75) is 13.0 Å². The maximum Gasteiger partial charge on any atom is 0.326 e. The summed E-state index contributed by atoms with van der Waals surface area (Å²) in [5, 5.41) is 7.91. The number of nitrogens with one attached hydrogen (secondary N) is 1. The van der Waals surface area contributed by atoms with Crippen LogP contribution in [0.2, 0.25) is 5.02 Å². The van der Waals surface area contributed by atoms with Crippen LogP contribution in [-0.4, -0.2) is 16.2 Å². The van der Waals surface area contributed by atoms with Crippen LogP contribution >= 0.6 is 11.6 Å². The van der Waals surface area contributed by atoms with E-state index in [0.717, 1.165) is 28.1 Å². The molecule has 1 aliphatic heterocycles. The molecule has 1 aromatic heterocycles. The van der Waals surface area contributed by atoms with Crippen molar-refractivity contribution in [3.05, 3.63) is 107 Å². The van der Waals surface area contributed by atoms with Crippen molar-refractivity contribution in [3.8, 4) is 11.4 Å². The fraction of sp³-hybridized carbons (Fsp3) is 0.0800. The summed E-state index contributed by atoms with van der Waals surface area (Å²) in [5.41, 5.74) is 3.93. The van der Waals surface area contributed by atoms with Crippen LogP contribution in [0, 0.1) is 0 Å². The fourth-order valence-corrected chi connectivity index (χ4v) is 3.98. The second-order valence-corrected chi connectivity index (χ2v) is 7.83. The van der Waals surface area contributed by atoms with Crippen LogP contribution in [0.1, 0.15) is 24.4 Å². The fourth-order valence-electron chi connectivity index (χ4n) is 3.85. The van der Waals surface area contributed by atoms with Gasteiger partial charge in [0, 0.05) is 16.3 Å². The van der Waals surface area contributed by atoms with E-state index in [-0.39, 0.29) is 6.03 Å². The summed E-state index contributed by atoms with van der Waals surface area (Å²) in [7, 11) is 0. The minimum atomic E-state index is -0.429. The third kappa shape index (κ3) is 3.65. The monoisotopic (exact) mass is 442 g/mol. The summed E-state index contributed by atoms with van der Waals surface area (Å²) in [6.45, 7) is 1.89. The van der Waals surface area contributed by atoms with Crippen LogP contribution in [0.5, 0.6) is 0 Å². The third-order valence-electron chi connectivity index (χ3n) is 5.39. The summed E-state index contributed by atoms with van der Waals surface area (Å²) in [6, 6.07) is 25.8. The van der Waals surface area contributed by atoms with Crippen LogP contribution in [0.15, 0.2) is 95.1 Å². The molecule has 0 radical (unpaired) electrons. The number of halogens is 1. The van der Waals surface area contributed by atoms with Gasteiger partial charge in [0.2, 0.25) is 5.82 Å². The number of carbonyl (C=O) groups is 1. The van der Waals surface area contributed by atoms with Gasteiger partial charge in [0.15, 0.2) is 0 Å². The van der Waals surface area contributed by atoms with Gasteiger partial charge in [-0.3, -0.25) is 4.90 Å². The molecule has 32 heavy (non-hydrogen) atoms. The van der Waals surface area contributed by atoms with E-state index in [0.29, 0.717) is 16.7 Å². The quantitative estimate of drug-likeness (QED) is 0.415. The van der Waals surface area contributed by atoms with Crippen molar-refractivity contribution in [1.29, 1.82) is 0 Å². The number of hydrogen-bond donors (Lipinski definition) is 1. The lowest BCUT2D eigenvalue weighted by atomic mass is 9.94. The van der Waals surface area contributed by atoms with E-state index in [1.165, 1.54) is 0 Å². The molecule has 1 atom stereocenters. The highest BCUT2D eigenvalue weighted by Gasteiger charge is 2.36. The summed E-state index contributed by atoms with van der Waals surface area (Å²) in [5.74, 6) is 0.800. The van der Waals surface area contributed by atoms with Gasteiger partial charge < -0.3 is 9.84 Å². The van der Waals surface area contributed by atoms with Crippen molar-refractivity contribution < 1.29 is 9.32 Å². The number of urea groups is 1. The van der Waals surface area contributed by atoms with Gasteiger partial charge in [0.05, 0.1) is 17.3 Å². The molecule has 2 amide bonds. The molecule has 0 bridgehead atoms. The highest BCUT2D eigenvalue weighted by molar-refractivity contribution is 6.30. The van der Waals surface area contributed by atoms with E-state index >= 15 is 0 Å². The molecule has 6 nitrogen and oxygen atoms in total. The molecule has 0 fully saturated rings. The summed E-state index contributed by atoms with van der Waals surface area (Å²) in [4.78, 5) is 19.4. The van der Waals surface area contributed by atoms with Gasteiger partial charge >= 0.3 is 6.03 Å². The van der Waals surface area contributed by atoms with E-state index in [4.69, 9.17) is 16.1 Å². The smallest absolute Gasteiger partial charge is 0.326 e. The molecule has 3 aromatic carbocycles. The molecule has 1 aliphatic rings. The molecular weight excluding hydrogens is 424 g/mol. The lowest BCUT2D eigenvalue weighted by molar-refractivity contribution is 0.244. The molecule has 0 saturated carbocycles. The minimum absolute atomic E-state index is 0.219. The topological polar surface area (TPSA) is 71.3 Å². The zero-order valence-electron chi connectivity index (χ0n) is 17.2. The molecule has 4 aromatic rings. The molecule has 1 N–H and O–H groups in total. The van der Waals surface area contributed by atoms with Crippen molar-refractivity contribution in [1.82, 2.24) is 15.5 Å². The van der Waals surface area contributed by atoms with Crippen LogP contribution in [0.3, 0.4) is 0 Å². The highest BCUT2D eigenvalue weighted by atomic mass is 35.5. The van der Waals surface area contributed by atoms with Gasteiger partial charge in [0.25, 0.3) is 5.89 Å². The first-order valence-corrected chi connectivity index (χ1v) is 10.5. The van der Waals surface area contributed by atoms with Gasteiger partial charge in [-0.2, -0.15) is 4.98 Å². The number of para-hydroxylation sites is 1. The molecule has 158 valence electrons. The number of anilines is 1. The molecule has 0 spiro atoms. The SMILES string of the molecule is CC1=C(c2nc(-c3ccc(Cl)cc3)no2)C(c2ccccc2)NC(=O)N1c1ccccc1. The van der Waals surface area contributed by atoms with Crippen LogP contribution in [0.4, 0.5) is 10.5 Å². The van der Waals surface area contributed by atoms with Crippen molar-refractivity contribution in [3.63, 3.8) is 0 Å². The molecule has 5 rings (SSSR count). The van der Waals surface area contributed by atoms with Gasteiger partial charge in [-0.05, 0) is 48.9 Å². The largest absolute Gasteiger partial charge is 0.334 e. The number of aromatic nitrogens is 2. The predicted octanol–water partition coefficient (Wildman–Crippen LogP) is 6.09. The van der Waals surface area contributed by atoms with E-state index < -0.39 is 6.04 Å². The molecule has 2 heterocycles. The first-order valence-electron chi connectivity index (χ1n) is 10.1. The predicted molar refractivity (Wildman–Crippen MR) is 124 cm³/mol. The van der Waals surface area contributed by atoms with Crippen LogP contribution in [0.25, 0.3) is 17.0 Å². The Labute approximate surface area is 190 Å².